The molecule has 0 heterocycles. The summed E-state index contributed by atoms with van der Waals surface area (Å²) < 4.78 is 11.6. The zero-order chi connectivity index (χ0) is 21.1. The number of esters is 2. The Balaban J connectivity index is 1.67. The predicted octanol–water partition coefficient (Wildman–Crippen LogP) is 6.24. The SMILES string of the molecule is Cc1ccccc1C(=O)Oc1cccc2cccc(OC(=O)C3(C)CCCCC3)c12. The van der Waals surface area contributed by atoms with E-state index in [4.69, 9.17) is 9.47 Å². The lowest BCUT2D eigenvalue weighted by molar-refractivity contribution is -0.146. The van der Waals surface area contributed by atoms with Crippen LogP contribution >= 0.6 is 0 Å². The number of carbonyl (C=O) groups excluding carboxylic acids is 2. The lowest BCUT2D eigenvalue weighted by Gasteiger charge is -2.31. The number of hydrogen-bond acceptors (Lipinski definition) is 4. The Morgan fingerprint density at radius 3 is 2.10 bits per heavy atom. The van der Waals surface area contributed by atoms with Crippen LogP contribution in [0.25, 0.3) is 10.8 Å². The highest BCUT2D eigenvalue weighted by atomic mass is 16.5. The highest BCUT2D eigenvalue weighted by molar-refractivity contribution is 5.99. The zero-order valence-electron chi connectivity index (χ0n) is 17.4. The average molecular weight is 402 g/mol. The Labute approximate surface area is 176 Å². The number of benzene rings is 3. The van der Waals surface area contributed by atoms with E-state index in [9.17, 15) is 9.59 Å². The maximum Gasteiger partial charge on any atom is 0.343 e. The van der Waals surface area contributed by atoms with E-state index in [1.165, 1.54) is 0 Å². The fraction of sp³-hybridized carbons (Fsp3) is 0.308. The monoisotopic (exact) mass is 402 g/mol. The van der Waals surface area contributed by atoms with Crippen LogP contribution in [0.2, 0.25) is 0 Å². The standard InChI is InChI=1S/C26H26O4/c1-18-10-4-5-13-20(18)24(27)29-21-14-8-11-19-12-9-15-22(23(19)21)30-25(28)26(2)16-6-3-7-17-26/h4-5,8-15H,3,6-7,16-17H2,1-2H3. The molecule has 1 fully saturated rings. The molecule has 0 amide bonds. The summed E-state index contributed by atoms with van der Waals surface area (Å²) in [6.07, 6.45) is 4.93. The molecule has 0 saturated heterocycles. The fourth-order valence-electron chi connectivity index (χ4n) is 4.16. The molecule has 0 aromatic heterocycles. The molecule has 3 aromatic rings. The van der Waals surface area contributed by atoms with Crippen LogP contribution in [0.3, 0.4) is 0 Å². The second kappa shape index (κ2) is 8.31. The van der Waals surface area contributed by atoms with Gasteiger partial charge in [0.05, 0.1) is 16.4 Å². The zero-order valence-corrected chi connectivity index (χ0v) is 17.4. The summed E-state index contributed by atoms with van der Waals surface area (Å²) in [7, 11) is 0. The average Bonchev–Trinajstić information content (AvgIpc) is 2.75. The number of ether oxygens (including phenoxy) is 2. The molecule has 4 rings (SSSR count). The number of carbonyl (C=O) groups is 2. The molecule has 3 aromatic carbocycles. The van der Waals surface area contributed by atoms with Crippen molar-refractivity contribution in [3.63, 3.8) is 0 Å². The molecule has 1 aliphatic carbocycles. The van der Waals surface area contributed by atoms with Gasteiger partial charge >= 0.3 is 11.9 Å². The van der Waals surface area contributed by atoms with Gasteiger partial charge in [-0.2, -0.15) is 0 Å². The van der Waals surface area contributed by atoms with Crippen LogP contribution in [0, 0.1) is 12.3 Å². The molecule has 154 valence electrons. The van der Waals surface area contributed by atoms with Crippen molar-refractivity contribution in [3.05, 3.63) is 71.8 Å². The van der Waals surface area contributed by atoms with Crippen molar-refractivity contribution >= 4 is 22.7 Å². The molecule has 0 atom stereocenters. The second-order valence-electron chi connectivity index (χ2n) is 8.33. The van der Waals surface area contributed by atoms with E-state index in [0.29, 0.717) is 22.4 Å². The minimum atomic E-state index is -0.465. The molecule has 0 aliphatic heterocycles. The lowest BCUT2D eigenvalue weighted by Crippen LogP contribution is -2.34. The highest BCUT2D eigenvalue weighted by Gasteiger charge is 2.36. The number of rotatable bonds is 4. The molecule has 0 bridgehead atoms. The fourth-order valence-corrected chi connectivity index (χ4v) is 4.16. The molecule has 0 spiro atoms. The number of aryl methyl sites for hydroxylation is 1. The first kappa shape index (κ1) is 20.1. The summed E-state index contributed by atoms with van der Waals surface area (Å²) in [4.78, 5) is 25.8. The molecular weight excluding hydrogens is 376 g/mol. The number of fused-ring (bicyclic) bond motifs is 1. The van der Waals surface area contributed by atoms with Crippen molar-refractivity contribution in [2.75, 3.05) is 0 Å². The molecule has 1 saturated carbocycles. The van der Waals surface area contributed by atoms with Crippen LogP contribution in [-0.4, -0.2) is 11.9 Å². The first-order valence-electron chi connectivity index (χ1n) is 10.5. The second-order valence-corrected chi connectivity index (χ2v) is 8.33. The van der Waals surface area contributed by atoms with Crippen molar-refractivity contribution in [2.45, 2.75) is 46.0 Å². The first-order chi connectivity index (χ1) is 14.5. The van der Waals surface area contributed by atoms with E-state index in [0.717, 1.165) is 43.1 Å². The van der Waals surface area contributed by atoms with E-state index in [-0.39, 0.29) is 5.97 Å². The summed E-state index contributed by atoms with van der Waals surface area (Å²) in [5.74, 6) is 0.172. The van der Waals surface area contributed by atoms with Gasteiger partial charge in [0.15, 0.2) is 0 Å². The van der Waals surface area contributed by atoms with Gasteiger partial charge in [0, 0.05) is 0 Å². The van der Waals surface area contributed by atoms with Crippen molar-refractivity contribution in [1.29, 1.82) is 0 Å². The van der Waals surface area contributed by atoms with E-state index in [1.807, 2.05) is 56.3 Å². The Morgan fingerprint density at radius 2 is 1.43 bits per heavy atom. The van der Waals surface area contributed by atoms with Crippen LogP contribution in [-0.2, 0) is 4.79 Å². The molecular formula is C26H26O4. The smallest absolute Gasteiger partial charge is 0.343 e. The minimum absolute atomic E-state index is 0.213. The Kier molecular flexibility index (Phi) is 5.58. The molecule has 4 heteroatoms. The third-order valence-corrected chi connectivity index (χ3v) is 6.05. The van der Waals surface area contributed by atoms with Gasteiger partial charge in [0.25, 0.3) is 0 Å². The largest absolute Gasteiger partial charge is 0.425 e. The summed E-state index contributed by atoms with van der Waals surface area (Å²) in [6, 6.07) is 18.3. The van der Waals surface area contributed by atoms with Gasteiger partial charge in [0.2, 0.25) is 0 Å². The first-order valence-corrected chi connectivity index (χ1v) is 10.5. The van der Waals surface area contributed by atoms with Gasteiger partial charge in [0.1, 0.15) is 11.5 Å². The molecule has 30 heavy (non-hydrogen) atoms. The van der Waals surface area contributed by atoms with E-state index in [1.54, 1.807) is 18.2 Å². The van der Waals surface area contributed by atoms with Crippen LogP contribution < -0.4 is 9.47 Å². The quantitative estimate of drug-likeness (QED) is 0.383. The van der Waals surface area contributed by atoms with Crippen LogP contribution in [0.15, 0.2) is 60.7 Å². The maximum absolute atomic E-state index is 13.0. The van der Waals surface area contributed by atoms with Gasteiger partial charge in [-0.1, -0.05) is 61.7 Å². The highest BCUT2D eigenvalue weighted by Crippen LogP contribution is 2.40. The summed E-state index contributed by atoms with van der Waals surface area (Å²) in [6.45, 7) is 3.86. The third kappa shape index (κ3) is 3.95. The molecule has 0 unspecified atom stereocenters. The van der Waals surface area contributed by atoms with Crippen LogP contribution in [0.1, 0.15) is 54.9 Å². The molecule has 0 radical (unpaired) electrons. The molecule has 0 N–H and O–H groups in total. The van der Waals surface area contributed by atoms with Gasteiger partial charge in [-0.3, -0.25) is 4.79 Å². The minimum Gasteiger partial charge on any atom is -0.425 e. The van der Waals surface area contributed by atoms with Crippen molar-refractivity contribution < 1.29 is 19.1 Å². The van der Waals surface area contributed by atoms with E-state index >= 15 is 0 Å². The summed E-state index contributed by atoms with van der Waals surface area (Å²) >= 11 is 0. The summed E-state index contributed by atoms with van der Waals surface area (Å²) in [5, 5.41) is 1.49. The van der Waals surface area contributed by atoms with Gasteiger partial charge in [-0.05, 0) is 55.8 Å². The van der Waals surface area contributed by atoms with Crippen LogP contribution in [0.4, 0.5) is 0 Å². The number of hydrogen-bond donors (Lipinski definition) is 0. The lowest BCUT2D eigenvalue weighted by atomic mass is 9.76. The third-order valence-electron chi connectivity index (χ3n) is 6.05. The molecule has 1 aliphatic rings. The topological polar surface area (TPSA) is 52.6 Å². The van der Waals surface area contributed by atoms with Gasteiger partial charge < -0.3 is 9.47 Å². The molecule has 4 nitrogen and oxygen atoms in total. The van der Waals surface area contributed by atoms with Crippen molar-refractivity contribution in [2.24, 2.45) is 5.41 Å². The maximum atomic E-state index is 13.0. The Morgan fingerprint density at radius 1 is 0.800 bits per heavy atom. The predicted molar refractivity (Wildman–Crippen MR) is 117 cm³/mol. The normalized spacial score (nSPS) is 15.5. The Hall–Kier alpha value is -3.14. The summed E-state index contributed by atoms with van der Waals surface area (Å²) in [5.41, 5.74) is 0.894. The van der Waals surface area contributed by atoms with Gasteiger partial charge in [-0.15, -0.1) is 0 Å². The van der Waals surface area contributed by atoms with Crippen molar-refractivity contribution in [3.8, 4) is 11.5 Å². The Bertz CT molecular complexity index is 1090. The van der Waals surface area contributed by atoms with E-state index < -0.39 is 11.4 Å². The van der Waals surface area contributed by atoms with Gasteiger partial charge in [-0.25, -0.2) is 4.79 Å². The van der Waals surface area contributed by atoms with Crippen molar-refractivity contribution in [1.82, 2.24) is 0 Å². The van der Waals surface area contributed by atoms with E-state index in [2.05, 4.69) is 0 Å². The van der Waals surface area contributed by atoms with Crippen LogP contribution in [0.5, 0.6) is 11.5 Å².